The standard InChI is InChI=1S/C13H14N4O2/c1-9-2-3-10(7-15-9)8-16-12-4-11(14)5-13(6-12)17(18)19/h2-7,16H,8,14H2,1H3. The Morgan fingerprint density at radius 2 is 2.16 bits per heavy atom. The molecule has 0 amide bonds. The largest absolute Gasteiger partial charge is 0.398 e. The van der Waals surface area contributed by atoms with Crippen LogP contribution in [0.2, 0.25) is 0 Å². The number of nitro benzene ring substituents is 1. The highest BCUT2D eigenvalue weighted by atomic mass is 16.6. The molecule has 0 aliphatic rings. The van der Waals surface area contributed by atoms with E-state index in [2.05, 4.69) is 10.3 Å². The van der Waals surface area contributed by atoms with Crippen molar-refractivity contribution in [3.05, 3.63) is 57.9 Å². The quantitative estimate of drug-likeness (QED) is 0.499. The molecule has 1 aromatic carbocycles. The van der Waals surface area contributed by atoms with Crippen LogP contribution < -0.4 is 11.1 Å². The Balaban J connectivity index is 2.11. The van der Waals surface area contributed by atoms with Crippen LogP contribution in [0, 0.1) is 17.0 Å². The number of benzene rings is 1. The molecule has 0 radical (unpaired) electrons. The van der Waals surface area contributed by atoms with Crippen LogP contribution in [0.25, 0.3) is 0 Å². The molecule has 0 saturated heterocycles. The lowest BCUT2D eigenvalue weighted by atomic mass is 10.2. The first-order chi connectivity index (χ1) is 9.04. The number of pyridine rings is 1. The Morgan fingerprint density at radius 3 is 2.79 bits per heavy atom. The number of aromatic nitrogens is 1. The molecule has 0 bridgehead atoms. The minimum Gasteiger partial charge on any atom is -0.398 e. The number of hydrogen-bond donors (Lipinski definition) is 2. The van der Waals surface area contributed by atoms with Gasteiger partial charge in [-0.05, 0) is 24.6 Å². The zero-order chi connectivity index (χ0) is 13.8. The molecule has 6 heteroatoms. The fourth-order valence-electron chi connectivity index (χ4n) is 1.65. The number of aryl methyl sites for hydroxylation is 1. The summed E-state index contributed by atoms with van der Waals surface area (Å²) in [6, 6.07) is 8.32. The first kappa shape index (κ1) is 12.8. The van der Waals surface area contributed by atoms with Gasteiger partial charge in [0.2, 0.25) is 0 Å². The summed E-state index contributed by atoms with van der Waals surface area (Å²) in [5.41, 5.74) is 8.53. The van der Waals surface area contributed by atoms with Crippen molar-refractivity contribution >= 4 is 17.1 Å². The topological polar surface area (TPSA) is 94.1 Å². The van der Waals surface area contributed by atoms with E-state index >= 15 is 0 Å². The van der Waals surface area contributed by atoms with Crippen molar-refractivity contribution < 1.29 is 4.92 Å². The summed E-state index contributed by atoms with van der Waals surface area (Å²) < 4.78 is 0. The number of hydrogen-bond acceptors (Lipinski definition) is 5. The second-order valence-electron chi connectivity index (χ2n) is 4.23. The summed E-state index contributed by atoms with van der Waals surface area (Å²) >= 11 is 0. The van der Waals surface area contributed by atoms with Gasteiger partial charge in [-0.1, -0.05) is 6.07 Å². The second kappa shape index (κ2) is 5.34. The number of nitro groups is 1. The summed E-state index contributed by atoms with van der Waals surface area (Å²) in [6.07, 6.45) is 1.77. The molecular formula is C13H14N4O2. The fraction of sp³-hybridized carbons (Fsp3) is 0.154. The van der Waals surface area contributed by atoms with E-state index in [1.165, 1.54) is 12.1 Å². The Kier molecular flexibility index (Phi) is 3.61. The van der Waals surface area contributed by atoms with Crippen LogP contribution in [0.15, 0.2) is 36.5 Å². The number of rotatable bonds is 4. The molecular weight excluding hydrogens is 244 g/mol. The highest BCUT2D eigenvalue weighted by molar-refractivity contribution is 5.61. The first-order valence-corrected chi connectivity index (χ1v) is 5.75. The highest BCUT2D eigenvalue weighted by Crippen LogP contribution is 2.22. The minimum absolute atomic E-state index is 0.0236. The van der Waals surface area contributed by atoms with Crippen LogP contribution in [0.1, 0.15) is 11.3 Å². The number of nitrogens with zero attached hydrogens (tertiary/aromatic N) is 2. The summed E-state index contributed by atoms with van der Waals surface area (Å²) in [4.78, 5) is 14.4. The van der Waals surface area contributed by atoms with Gasteiger partial charge in [0, 0.05) is 41.9 Å². The second-order valence-corrected chi connectivity index (χ2v) is 4.23. The zero-order valence-corrected chi connectivity index (χ0v) is 10.5. The van der Waals surface area contributed by atoms with E-state index in [0.29, 0.717) is 17.9 Å². The van der Waals surface area contributed by atoms with E-state index in [1.807, 2.05) is 19.1 Å². The van der Waals surface area contributed by atoms with Gasteiger partial charge in [0.1, 0.15) is 0 Å². The molecule has 1 heterocycles. The van der Waals surface area contributed by atoms with Gasteiger partial charge in [0.25, 0.3) is 5.69 Å². The molecule has 2 aromatic rings. The molecule has 6 nitrogen and oxygen atoms in total. The highest BCUT2D eigenvalue weighted by Gasteiger charge is 2.08. The summed E-state index contributed by atoms with van der Waals surface area (Å²) in [5.74, 6) is 0. The van der Waals surface area contributed by atoms with Gasteiger partial charge in [-0.15, -0.1) is 0 Å². The fourth-order valence-corrected chi connectivity index (χ4v) is 1.65. The molecule has 98 valence electrons. The molecule has 0 unspecified atom stereocenters. The van der Waals surface area contributed by atoms with Crippen LogP contribution in [0.4, 0.5) is 17.1 Å². The number of nitrogen functional groups attached to an aromatic ring is 1. The van der Waals surface area contributed by atoms with Crippen LogP contribution in [-0.4, -0.2) is 9.91 Å². The minimum atomic E-state index is -0.463. The lowest BCUT2D eigenvalue weighted by molar-refractivity contribution is -0.384. The Bertz CT molecular complexity index is 596. The lowest BCUT2D eigenvalue weighted by Gasteiger charge is -2.07. The number of nitrogens with one attached hydrogen (secondary N) is 1. The van der Waals surface area contributed by atoms with Gasteiger partial charge in [0.15, 0.2) is 0 Å². The molecule has 0 aliphatic carbocycles. The Labute approximate surface area is 110 Å². The third-order valence-corrected chi connectivity index (χ3v) is 2.62. The third-order valence-electron chi connectivity index (χ3n) is 2.62. The van der Waals surface area contributed by atoms with E-state index < -0.39 is 4.92 Å². The molecule has 0 spiro atoms. The monoisotopic (exact) mass is 258 g/mol. The smallest absolute Gasteiger partial charge is 0.273 e. The van der Waals surface area contributed by atoms with Gasteiger partial charge in [-0.2, -0.15) is 0 Å². The average Bonchev–Trinajstić information content (AvgIpc) is 2.37. The molecule has 0 aliphatic heterocycles. The van der Waals surface area contributed by atoms with Crippen molar-refractivity contribution in [2.75, 3.05) is 11.1 Å². The van der Waals surface area contributed by atoms with Gasteiger partial charge < -0.3 is 11.1 Å². The predicted molar refractivity (Wildman–Crippen MR) is 73.8 cm³/mol. The summed E-state index contributed by atoms with van der Waals surface area (Å²) in [5, 5.41) is 13.8. The van der Waals surface area contributed by atoms with E-state index in [0.717, 1.165) is 11.3 Å². The molecule has 19 heavy (non-hydrogen) atoms. The molecule has 1 aromatic heterocycles. The normalized spacial score (nSPS) is 10.2. The molecule has 0 atom stereocenters. The zero-order valence-electron chi connectivity index (χ0n) is 10.5. The van der Waals surface area contributed by atoms with Crippen molar-refractivity contribution in [3.8, 4) is 0 Å². The van der Waals surface area contributed by atoms with Crippen LogP contribution >= 0.6 is 0 Å². The maximum atomic E-state index is 10.7. The molecule has 2 rings (SSSR count). The van der Waals surface area contributed by atoms with E-state index in [1.54, 1.807) is 12.3 Å². The van der Waals surface area contributed by atoms with Crippen molar-refractivity contribution in [2.45, 2.75) is 13.5 Å². The van der Waals surface area contributed by atoms with Gasteiger partial charge in [-0.3, -0.25) is 15.1 Å². The maximum Gasteiger partial charge on any atom is 0.273 e. The van der Waals surface area contributed by atoms with E-state index in [4.69, 9.17) is 5.73 Å². The number of anilines is 2. The van der Waals surface area contributed by atoms with Gasteiger partial charge >= 0.3 is 0 Å². The van der Waals surface area contributed by atoms with Crippen molar-refractivity contribution in [1.82, 2.24) is 4.98 Å². The molecule has 3 N–H and O–H groups in total. The molecule has 0 fully saturated rings. The van der Waals surface area contributed by atoms with Gasteiger partial charge in [0.05, 0.1) is 4.92 Å². The lowest BCUT2D eigenvalue weighted by Crippen LogP contribution is -2.02. The van der Waals surface area contributed by atoms with E-state index in [-0.39, 0.29) is 5.69 Å². The van der Waals surface area contributed by atoms with Crippen LogP contribution in [0.3, 0.4) is 0 Å². The van der Waals surface area contributed by atoms with Crippen molar-refractivity contribution in [3.63, 3.8) is 0 Å². The van der Waals surface area contributed by atoms with Crippen molar-refractivity contribution in [2.24, 2.45) is 0 Å². The SMILES string of the molecule is Cc1ccc(CNc2cc(N)cc([N+](=O)[O-])c2)cn1. The maximum absolute atomic E-state index is 10.7. The van der Waals surface area contributed by atoms with Crippen LogP contribution in [-0.2, 0) is 6.54 Å². The van der Waals surface area contributed by atoms with Gasteiger partial charge in [-0.25, -0.2) is 0 Å². The van der Waals surface area contributed by atoms with E-state index in [9.17, 15) is 10.1 Å². The number of non-ortho nitro benzene ring substituents is 1. The first-order valence-electron chi connectivity index (χ1n) is 5.75. The Hall–Kier alpha value is -2.63. The average molecular weight is 258 g/mol. The number of nitrogens with two attached hydrogens (primary N) is 1. The Morgan fingerprint density at radius 1 is 1.37 bits per heavy atom. The molecule has 0 saturated carbocycles. The predicted octanol–water partition coefficient (Wildman–Crippen LogP) is 2.49. The summed E-state index contributed by atoms with van der Waals surface area (Å²) in [6.45, 7) is 2.45. The van der Waals surface area contributed by atoms with Crippen LogP contribution in [0.5, 0.6) is 0 Å². The summed E-state index contributed by atoms with van der Waals surface area (Å²) in [7, 11) is 0. The van der Waals surface area contributed by atoms with Crippen molar-refractivity contribution in [1.29, 1.82) is 0 Å². The third kappa shape index (κ3) is 3.41.